The van der Waals surface area contributed by atoms with E-state index in [-0.39, 0.29) is 12.8 Å². The van der Waals surface area contributed by atoms with Crippen LogP contribution in [0, 0.1) is 0 Å². The highest BCUT2D eigenvalue weighted by atomic mass is 31.2. The van der Waals surface area contributed by atoms with Gasteiger partial charge in [-0.15, -0.1) is 0 Å². The summed E-state index contributed by atoms with van der Waals surface area (Å²) >= 11 is 0. The van der Waals surface area contributed by atoms with Gasteiger partial charge in [0.1, 0.15) is 43.2 Å². The molecule has 0 aromatic carbocycles. The number of hydrogen-bond donors (Lipinski definition) is 6. The smallest absolute Gasteiger partial charge is 0.462 e. The van der Waals surface area contributed by atoms with Gasteiger partial charge in [0.2, 0.25) is 0 Å². The fraction of sp³-hybridized carbons (Fsp3) is 0.789. The van der Waals surface area contributed by atoms with Gasteiger partial charge in [0.15, 0.2) is 6.10 Å². The van der Waals surface area contributed by atoms with E-state index in [0.717, 1.165) is 70.6 Å². The van der Waals surface area contributed by atoms with Gasteiger partial charge in [0, 0.05) is 12.8 Å². The number of ether oxygens (including phenoxy) is 2. The number of rotatable bonds is 30. The van der Waals surface area contributed by atoms with E-state index in [4.69, 9.17) is 18.5 Å². The Balaban J connectivity index is 2.55. The largest absolute Gasteiger partial charge is 0.472 e. The molecule has 1 rings (SSSR count). The number of carbonyl (C=O) groups is 2. The lowest BCUT2D eigenvalue weighted by Crippen LogP contribution is -2.64. The minimum absolute atomic E-state index is 0.0776. The van der Waals surface area contributed by atoms with Crippen LogP contribution in [0.25, 0.3) is 0 Å². The third kappa shape index (κ3) is 22.3. The van der Waals surface area contributed by atoms with Crippen LogP contribution in [-0.4, -0.2) is 98.3 Å². The molecule has 0 saturated heterocycles. The highest BCUT2D eigenvalue weighted by molar-refractivity contribution is 7.47. The molecule has 0 aliphatic heterocycles. The molecule has 13 nitrogen and oxygen atoms in total. The van der Waals surface area contributed by atoms with Crippen LogP contribution in [0.2, 0.25) is 0 Å². The molecule has 0 radical (unpaired) electrons. The van der Waals surface area contributed by atoms with Crippen molar-refractivity contribution in [1.82, 2.24) is 0 Å². The molecule has 0 spiro atoms. The van der Waals surface area contributed by atoms with E-state index < -0.39 is 75.7 Å². The standard InChI is InChI=1S/C38H67O13P/c1-3-5-7-9-11-13-14-15-16-17-18-19-21-23-25-27-32(40)50-30(28-48-31(39)26-24-22-20-12-10-8-6-4-2)29-49-52(46,47)51-38-36(44)34(42)33(41)35(43)37(38)45/h5,7,11,13,15-16,30,33-38,41-45H,3-4,6,8-10,12,14,17-29H2,1-2H3,(H,46,47)/b7-5+,13-11+,16-15+/t30-,33?,34-,35?,36?,37?,38?/m1/s1. The second-order valence-corrected chi connectivity index (χ2v) is 14.8. The molecule has 1 saturated carbocycles. The third-order valence-corrected chi connectivity index (χ3v) is 9.73. The molecule has 0 aromatic rings. The molecule has 0 bridgehead atoms. The van der Waals surface area contributed by atoms with Crippen molar-refractivity contribution in [3.8, 4) is 0 Å². The number of aliphatic hydroxyl groups excluding tert-OH is 5. The monoisotopic (exact) mass is 762 g/mol. The van der Waals surface area contributed by atoms with Crippen LogP contribution in [0.4, 0.5) is 0 Å². The van der Waals surface area contributed by atoms with Crippen LogP contribution in [0.15, 0.2) is 36.5 Å². The van der Waals surface area contributed by atoms with Gasteiger partial charge in [0.25, 0.3) is 0 Å². The van der Waals surface area contributed by atoms with Gasteiger partial charge >= 0.3 is 19.8 Å². The predicted octanol–water partition coefficient (Wildman–Crippen LogP) is 5.88. The molecule has 1 aliphatic rings. The highest BCUT2D eigenvalue weighted by Gasteiger charge is 2.51. The maximum atomic E-state index is 12.7. The van der Waals surface area contributed by atoms with Gasteiger partial charge in [0.05, 0.1) is 6.61 Å². The molecule has 6 unspecified atom stereocenters. The summed E-state index contributed by atoms with van der Waals surface area (Å²) in [6.07, 6.45) is 16.7. The number of esters is 2. The van der Waals surface area contributed by atoms with Crippen molar-refractivity contribution in [3.05, 3.63) is 36.5 Å². The van der Waals surface area contributed by atoms with Crippen molar-refractivity contribution >= 4 is 19.8 Å². The minimum atomic E-state index is -5.11. The van der Waals surface area contributed by atoms with Crippen molar-refractivity contribution in [2.24, 2.45) is 0 Å². The first-order chi connectivity index (χ1) is 24.9. The third-order valence-electron chi connectivity index (χ3n) is 8.75. The summed E-state index contributed by atoms with van der Waals surface area (Å²) in [5.41, 5.74) is 0. The van der Waals surface area contributed by atoms with E-state index in [2.05, 4.69) is 50.3 Å². The second kappa shape index (κ2) is 29.4. The summed E-state index contributed by atoms with van der Waals surface area (Å²) in [4.78, 5) is 35.3. The predicted molar refractivity (Wildman–Crippen MR) is 198 cm³/mol. The van der Waals surface area contributed by atoms with Gasteiger partial charge in [-0.25, -0.2) is 4.57 Å². The van der Waals surface area contributed by atoms with Crippen molar-refractivity contribution in [2.75, 3.05) is 13.2 Å². The molecule has 0 aromatic heterocycles. The summed E-state index contributed by atoms with van der Waals surface area (Å²) in [7, 11) is -5.11. The average molecular weight is 763 g/mol. The summed E-state index contributed by atoms with van der Waals surface area (Å²) in [5, 5.41) is 49.9. The van der Waals surface area contributed by atoms with E-state index in [9.17, 15) is 44.6 Å². The summed E-state index contributed by atoms with van der Waals surface area (Å²) in [6.45, 7) is 3.09. The molecule has 8 atom stereocenters. The van der Waals surface area contributed by atoms with Crippen molar-refractivity contribution in [3.63, 3.8) is 0 Å². The van der Waals surface area contributed by atoms with E-state index >= 15 is 0 Å². The minimum Gasteiger partial charge on any atom is -0.462 e. The summed E-state index contributed by atoms with van der Waals surface area (Å²) < 4.78 is 33.2. The molecule has 1 aliphatic carbocycles. The summed E-state index contributed by atoms with van der Waals surface area (Å²) in [6, 6.07) is 0. The average Bonchev–Trinajstić information content (AvgIpc) is 3.12. The molecular formula is C38H67O13P. The fourth-order valence-corrected chi connectivity index (χ4v) is 6.57. The first-order valence-corrected chi connectivity index (χ1v) is 20.8. The molecular weight excluding hydrogens is 695 g/mol. The molecule has 14 heteroatoms. The molecule has 1 fully saturated rings. The summed E-state index contributed by atoms with van der Waals surface area (Å²) in [5.74, 6) is -1.13. The van der Waals surface area contributed by atoms with Crippen molar-refractivity contribution in [2.45, 2.75) is 179 Å². The van der Waals surface area contributed by atoms with E-state index in [1.807, 2.05) is 0 Å². The quantitative estimate of drug-likeness (QED) is 0.0219. The Bertz CT molecular complexity index is 1070. The molecule has 0 amide bonds. The Morgan fingerprint density at radius 3 is 1.67 bits per heavy atom. The topological polar surface area (TPSA) is 210 Å². The number of hydrogen-bond acceptors (Lipinski definition) is 12. The van der Waals surface area contributed by atoms with E-state index in [1.54, 1.807) is 0 Å². The second-order valence-electron chi connectivity index (χ2n) is 13.4. The van der Waals surface area contributed by atoms with E-state index in [1.165, 1.54) is 25.7 Å². The Kier molecular flexibility index (Phi) is 27.2. The normalized spacial score (nSPS) is 24.1. The van der Waals surface area contributed by atoms with E-state index in [0.29, 0.717) is 12.8 Å². The van der Waals surface area contributed by atoms with Crippen LogP contribution in [-0.2, 0) is 32.7 Å². The lowest BCUT2D eigenvalue weighted by Gasteiger charge is -2.41. The Hall–Kier alpha value is -1.93. The van der Waals surface area contributed by atoms with Gasteiger partial charge < -0.3 is 39.9 Å². The zero-order chi connectivity index (χ0) is 38.6. The first kappa shape index (κ1) is 48.1. The van der Waals surface area contributed by atoms with Gasteiger partial charge in [-0.05, 0) is 44.9 Å². The zero-order valence-corrected chi connectivity index (χ0v) is 32.2. The Morgan fingerprint density at radius 2 is 1.10 bits per heavy atom. The molecule has 0 heterocycles. The maximum Gasteiger partial charge on any atom is 0.472 e. The number of aliphatic hydroxyl groups is 5. The van der Waals surface area contributed by atoms with Crippen molar-refractivity contribution in [1.29, 1.82) is 0 Å². The van der Waals surface area contributed by atoms with Crippen molar-refractivity contribution < 1.29 is 63.1 Å². The molecule has 52 heavy (non-hydrogen) atoms. The number of carbonyl (C=O) groups excluding carboxylic acids is 2. The number of phosphoric acid groups is 1. The van der Waals surface area contributed by atoms with Gasteiger partial charge in [-0.2, -0.15) is 0 Å². The van der Waals surface area contributed by atoms with Gasteiger partial charge in [-0.1, -0.05) is 115 Å². The highest BCUT2D eigenvalue weighted by Crippen LogP contribution is 2.47. The van der Waals surface area contributed by atoms with Crippen LogP contribution >= 0.6 is 7.82 Å². The maximum absolute atomic E-state index is 12.7. The lowest BCUT2D eigenvalue weighted by molar-refractivity contribution is -0.220. The Morgan fingerprint density at radius 1 is 0.615 bits per heavy atom. The molecule has 302 valence electrons. The fourth-order valence-electron chi connectivity index (χ4n) is 5.59. The van der Waals surface area contributed by atoms with Crippen LogP contribution in [0.3, 0.4) is 0 Å². The Labute approximate surface area is 310 Å². The number of allylic oxidation sites excluding steroid dienone is 6. The number of phosphoric ester groups is 1. The lowest BCUT2D eigenvalue weighted by atomic mass is 9.85. The molecule has 6 N–H and O–H groups in total. The van der Waals surface area contributed by atoms with Gasteiger partial charge in [-0.3, -0.25) is 18.6 Å². The first-order valence-electron chi connectivity index (χ1n) is 19.3. The zero-order valence-electron chi connectivity index (χ0n) is 31.3. The van der Waals surface area contributed by atoms with Crippen LogP contribution in [0.1, 0.15) is 136 Å². The SMILES string of the molecule is CC/C=C/C/C=C/C/C=C/CCCCCCCC(=O)O[C@H](COC(=O)CCCCCCCCCC)COP(=O)(O)OC1C(O)C(O)C(O)[C@@H](O)C1O. The number of unbranched alkanes of at least 4 members (excludes halogenated alkanes) is 12. The van der Waals surface area contributed by atoms with Crippen LogP contribution in [0.5, 0.6) is 0 Å². The van der Waals surface area contributed by atoms with Crippen LogP contribution < -0.4 is 0 Å².